The minimum atomic E-state index is -0.660. The molecule has 11 nitrogen and oxygen atoms in total. The number of nitrogens with zero attached hydrogens (tertiary/aromatic N) is 5. The molecule has 3 aromatic rings. The Morgan fingerprint density at radius 2 is 1.65 bits per heavy atom. The summed E-state index contributed by atoms with van der Waals surface area (Å²) in [5.41, 5.74) is 3.05. The molecule has 0 unspecified atom stereocenters. The van der Waals surface area contributed by atoms with Crippen molar-refractivity contribution in [2.45, 2.75) is 44.8 Å². The molecule has 2 N–H and O–H groups in total. The van der Waals surface area contributed by atoms with Gasteiger partial charge in [0.15, 0.2) is 11.6 Å². The summed E-state index contributed by atoms with van der Waals surface area (Å²) in [6.07, 6.45) is 2.28. The number of urea groups is 1. The Bertz CT molecular complexity index is 1620. The van der Waals surface area contributed by atoms with Crippen LogP contribution >= 0.6 is 0 Å². The molecular weight excluding hydrogens is 582 g/mol. The third-order valence-corrected chi connectivity index (χ3v) is 9.00. The number of benzene rings is 2. The van der Waals surface area contributed by atoms with Crippen LogP contribution in [0.1, 0.15) is 70.3 Å². The molecular formula is C35H43N7O4. The predicted octanol–water partition coefficient (Wildman–Crippen LogP) is 4.34. The largest absolute Gasteiger partial charge is 0.339 e. The lowest BCUT2D eigenvalue weighted by molar-refractivity contribution is -0.121. The van der Waals surface area contributed by atoms with Crippen molar-refractivity contribution in [2.24, 2.45) is 13.0 Å². The summed E-state index contributed by atoms with van der Waals surface area (Å²) in [4.78, 5) is 57.7. The van der Waals surface area contributed by atoms with Crippen LogP contribution in [0.2, 0.25) is 0 Å². The average molecular weight is 626 g/mol. The number of nitrogens with one attached hydrogen (secondary N) is 2. The topological polar surface area (TPSA) is 120 Å². The first-order valence-electron chi connectivity index (χ1n) is 15.6. The number of fused-ring (bicyclic) bond motifs is 1. The number of carbonyl (C=O) groups excluding carboxylic acids is 4. The fourth-order valence-corrected chi connectivity index (χ4v) is 6.55. The molecule has 2 aromatic carbocycles. The number of allylic oxidation sites excluding steroid dienone is 1. The van der Waals surface area contributed by atoms with Crippen molar-refractivity contribution in [3.8, 4) is 0 Å². The van der Waals surface area contributed by atoms with E-state index in [-0.39, 0.29) is 35.6 Å². The fraction of sp³-hybridized carbons (Fsp3) is 0.400. The van der Waals surface area contributed by atoms with Crippen LogP contribution in [-0.4, -0.2) is 81.8 Å². The van der Waals surface area contributed by atoms with E-state index in [9.17, 15) is 19.2 Å². The Kier molecular flexibility index (Phi) is 9.43. The molecule has 1 saturated heterocycles. The lowest BCUT2D eigenvalue weighted by atomic mass is 9.95. The first-order valence-corrected chi connectivity index (χ1v) is 15.6. The summed E-state index contributed by atoms with van der Waals surface area (Å²) in [6.45, 7) is 9.33. The van der Waals surface area contributed by atoms with E-state index in [1.54, 1.807) is 38.7 Å². The van der Waals surface area contributed by atoms with E-state index in [4.69, 9.17) is 0 Å². The molecule has 4 amide bonds. The van der Waals surface area contributed by atoms with Crippen molar-refractivity contribution in [1.29, 1.82) is 0 Å². The number of piperidine rings is 1. The standard InChI is InChI=1S/C35H43N7O4/c1-7-29(43)24-13-15-26(16-14-24)33(45)41-19-17-25(18-20-41)32(44)37-31-27-21-42(35(2,3)30(27)40(6)38-31)34(46)36-28(22-39(4)5)23-11-9-8-10-12-23/h7-16,25,28H,1,17-22H2,2-6H3,(H,36,46)(H,37,38,44)/t28-/m1/s1. The summed E-state index contributed by atoms with van der Waals surface area (Å²) in [5, 5.41) is 10.9. The smallest absolute Gasteiger partial charge is 0.319 e. The molecule has 2 aliphatic rings. The molecule has 0 bridgehead atoms. The summed E-state index contributed by atoms with van der Waals surface area (Å²) in [6, 6.07) is 16.1. The van der Waals surface area contributed by atoms with Crippen molar-refractivity contribution < 1.29 is 19.2 Å². The molecule has 46 heavy (non-hydrogen) atoms. The number of ketones is 1. The van der Waals surface area contributed by atoms with Crippen LogP contribution in [0.25, 0.3) is 0 Å². The van der Waals surface area contributed by atoms with E-state index in [1.165, 1.54) is 6.08 Å². The third kappa shape index (κ3) is 6.60. The highest BCUT2D eigenvalue weighted by molar-refractivity contribution is 6.05. The van der Waals surface area contributed by atoms with Gasteiger partial charge in [0.2, 0.25) is 5.91 Å². The number of aryl methyl sites for hydroxylation is 1. The van der Waals surface area contributed by atoms with E-state index in [0.717, 1.165) is 16.8 Å². The van der Waals surface area contributed by atoms with Crippen LogP contribution in [0, 0.1) is 5.92 Å². The highest BCUT2D eigenvalue weighted by Crippen LogP contribution is 2.42. The molecule has 1 fully saturated rings. The van der Waals surface area contributed by atoms with Gasteiger partial charge in [0.1, 0.15) is 0 Å². The minimum absolute atomic E-state index is 0.125. The number of likely N-dealkylation sites (N-methyl/N-ethyl adjacent to an activating group) is 1. The Balaban J connectivity index is 1.22. The quantitative estimate of drug-likeness (QED) is 0.270. The number of rotatable bonds is 9. The molecule has 3 heterocycles. The number of hydrogen-bond donors (Lipinski definition) is 2. The van der Waals surface area contributed by atoms with Gasteiger partial charge in [-0.05, 0) is 64.6 Å². The van der Waals surface area contributed by atoms with Crippen molar-refractivity contribution in [3.05, 3.63) is 95.2 Å². The van der Waals surface area contributed by atoms with Gasteiger partial charge in [-0.3, -0.25) is 19.1 Å². The first-order chi connectivity index (χ1) is 21.9. The lowest BCUT2D eigenvalue weighted by Gasteiger charge is -2.34. The number of aromatic nitrogens is 2. The number of carbonyl (C=O) groups is 4. The number of hydrogen-bond acceptors (Lipinski definition) is 6. The van der Waals surface area contributed by atoms with E-state index < -0.39 is 5.54 Å². The maximum Gasteiger partial charge on any atom is 0.319 e. The summed E-state index contributed by atoms with van der Waals surface area (Å²) < 4.78 is 1.75. The molecule has 1 atom stereocenters. The van der Waals surface area contributed by atoms with Crippen LogP contribution < -0.4 is 10.6 Å². The molecule has 0 saturated carbocycles. The molecule has 0 spiro atoms. The predicted molar refractivity (Wildman–Crippen MR) is 176 cm³/mol. The second-order valence-corrected chi connectivity index (χ2v) is 12.8. The van der Waals surface area contributed by atoms with Crippen molar-refractivity contribution in [2.75, 3.05) is 39.0 Å². The van der Waals surface area contributed by atoms with Crippen LogP contribution in [-0.2, 0) is 23.9 Å². The highest BCUT2D eigenvalue weighted by Gasteiger charge is 2.45. The number of amides is 4. The second kappa shape index (κ2) is 13.3. The van der Waals surface area contributed by atoms with Gasteiger partial charge in [0.05, 0.1) is 23.8 Å². The van der Waals surface area contributed by atoms with Gasteiger partial charge in [0, 0.05) is 49.3 Å². The SMILES string of the molecule is C=CC(=O)c1ccc(C(=O)N2CCC(C(=O)Nc3nn(C)c4c3CN(C(=O)N[C@H](CN(C)C)c3ccccc3)C4(C)C)CC2)cc1. The highest BCUT2D eigenvalue weighted by atomic mass is 16.2. The molecule has 0 radical (unpaired) electrons. The van der Waals surface area contributed by atoms with Crippen LogP contribution in [0.4, 0.5) is 10.6 Å². The zero-order valence-corrected chi connectivity index (χ0v) is 27.2. The fourth-order valence-electron chi connectivity index (χ4n) is 6.55. The van der Waals surface area contributed by atoms with Gasteiger partial charge in [0.25, 0.3) is 5.91 Å². The summed E-state index contributed by atoms with van der Waals surface area (Å²) in [7, 11) is 5.79. The van der Waals surface area contributed by atoms with E-state index in [2.05, 4.69) is 22.3 Å². The number of anilines is 1. The Morgan fingerprint density at radius 1 is 1.02 bits per heavy atom. The Hall–Kier alpha value is -4.77. The summed E-state index contributed by atoms with van der Waals surface area (Å²) in [5.74, 6) is -0.274. The van der Waals surface area contributed by atoms with Crippen molar-refractivity contribution in [1.82, 2.24) is 29.8 Å². The van der Waals surface area contributed by atoms with Crippen molar-refractivity contribution >= 4 is 29.4 Å². The molecule has 5 rings (SSSR count). The lowest BCUT2D eigenvalue weighted by Crippen LogP contribution is -2.49. The maximum absolute atomic E-state index is 13.8. The molecule has 11 heteroatoms. The minimum Gasteiger partial charge on any atom is -0.339 e. The maximum atomic E-state index is 13.8. The first kappa shape index (κ1) is 32.6. The normalized spacial score (nSPS) is 16.6. The van der Waals surface area contributed by atoms with E-state index in [1.807, 2.05) is 70.2 Å². The molecule has 2 aliphatic heterocycles. The van der Waals surface area contributed by atoms with Gasteiger partial charge >= 0.3 is 6.03 Å². The van der Waals surface area contributed by atoms with Gasteiger partial charge in [-0.1, -0.05) is 49.0 Å². The van der Waals surface area contributed by atoms with E-state index >= 15 is 0 Å². The Morgan fingerprint density at radius 3 is 2.26 bits per heavy atom. The van der Waals surface area contributed by atoms with E-state index in [0.29, 0.717) is 56.0 Å². The van der Waals surface area contributed by atoms with Gasteiger partial charge < -0.3 is 25.3 Å². The van der Waals surface area contributed by atoms with Gasteiger partial charge in [-0.25, -0.2) is 4.79 Å². The Labute approximate surface area is 270 Å². The zero-order valence-electron chi connectivity index (χ0n) is 27.2. The molecule has 0 aliphatic carbocycles. The zero-order chi connectivity index (χ0) is 33.2. The molecule has 1 aromatic heterocycles. The summed E-state index contributed by atoms with van der Waals surface area (Å²) >= 11 is 0. The number of likely N-dealkylation sites (tertiary alicyclic amines) is 1. The van der Waals surface area contributed by atoms with Gasteiger partial charge in [-0.2, -0.15) is 5.10 Å². The van der Waals surface area contributed by atoms with Crippen molar-refractivity contribution in [3.63, 3.8) is 0 Å². The monoisotopic (exact) mass is 625 g/mol. The van der Waals surface area contributed by atoms with Crippen LogP contribution in [0.3, 0.4) is 0 Å². The molecule has 242 valence electrons. The van der Waals surface area contributed by atoms with Crippen LogP contribution in [0.5, 0.6) is 0 Å². The van der Waals surface area contributed by atoms with Crippen LogP contribution in [0.15, 0.2) is 67.3 Å². The van der Waals surface area contributed by atoms with Gasteiger partial charge in [-0.15, -0.1) is 0 Å². The second-order valence-electron chi connectivity index (χ2n) is 12.8. The average Bonchev–Trinajstić information content (AvgIpc) is 3.52. The third-order valence-electron chi connectivity index (χ3n) is 9.00.